The summed E-state index contributed by atoms with van der Waals surface area (Å²) in [7, 11) is 0. The van der Waals surface area contributed by atoms with Gasteiger partial charge in [0.1, 0.15) is 11.8 Å². The molecule has 5 rings (SSSR count). The lowest BCUT2D eigenvalue weighted by molar-refractivity contribution is -0.118. The smallest absolute Gasteiger partial charge is 0.226 e. The number of phenols is 1. The van der Waals surface area contributed by atoms with Gasteiger partial charge in [0.15, 0.2) is 11.6 Å². The van der Waals surface area contributed by atoms with Gasteiger partial charge in [-0.05, 0) is 60.6 Å². The lowest BCUT2D eigenvalue weighted by Crippen LogP contribution is -2.36. The van der Waals surface area contributed by atoms with E-state index < -0.39 is 6.04 Å². The molecule has 2 aromatic carbocycles. The average Bonchev–Trinajstić information content (AvgIpc) is 3.11. The number of anilines is 1. The van der Waals surface area contributed by atoms with E-state index in [9.17, 15) is 9.90 Å². The van der Waals surface area contributed by atoms with Crippen molar-refractivity contribution in [2.45, 2.75) is 46.6 Å². The molecule has 158 valence electrons. The van der Waals surface area contributed by atoms with Crippen molar-refractivity contribution in [3.8, 4) is 17.1 Å². The highest BCUT2D eigenvalue weighted by atomic mass is 16.3. The molecule has 31 heavy (non-hydrogen) atoms. The minimum absolute atomic E-state index is 0.112. The number of Topliss-reactive ketones (excluding diaryl/α,β-unsaturated/α-hetero) is 1. The van der Waals surface area contributed by atoms with E-state index in [4.69, 9.17) is 10.1 Å². The lowest BCUT2D eigenvalue weighted by atomic mass is 9.73. The number of allylic oxidation sites excluding steroid dienone is 2. The Hall–Kier alpha value is -3.41. The molecule has 6 nitrogen and oxygen atoms in total. The number of nitrogens with zero attached hydrogens (tertiary/aromatic N) is 3. The van der Waals surface area contributed by atoms with Crippen LogP contribution in [0.2, 0.25) is 0 Å². The van der Waals surface area contributed by atoms with E-state index in [2.05, 4.69) is 45.1 Å². The molecule has 2 heterocycles. The maximum absolute atomic E-state index is 13.3. The Labute approximate surface area is 181 Å². The molecule has 0 spiro atoms. The molecular weight excluding hydrogens is 388 g/mol. The summed E-state index contributed by atoms with van der Waals surface area (Å²) in [4.78, 5) is 18.0. The summed E-state index contributed by atoms with van der Waals surface area (Å²) in [5, 5.41) is 18.3. The summed E-state index contributed by atoms with van der Waals surface area (Å²) in [5.41, 5.74) is 5.65. The third kappa shape index (κ3) is 3.32. The summed E-state index contributed by atoms with van der Waals surface area (Å²) in [6, 6.07) is 12.8. The number of hydrogen-bond donors (Lipinski definition) is 2. The predicted molar refractivity (Wildman–Crippen MR) is 120 cm³/mol. The molecule has 1 aliphatic heterocycles. The molecule has 0 bridgehead atoms. The molecule has 0 saturated heterocycles. The molecule has 1 atom stereocenters. The Morgan fingerprint density at radius 1 is 1.10 bits per heavy atom. The Kier molecular flexibility index (Phi) is 4.29. The van der Waals surface area contributed by atoms with Crippen molar-refractivity contribution < 1.29 is 9.90 Å². The Bertz CT molecular complexity index is 1250. The van der Waals surface area contributed by atoms with Gasteiger partial charge in [-0.3, -0.25) is 4.79 Å². The van der Waals surface area contributed by atoms with Crippen molar-refractivity contribution in [1.82, 2.24) is 14.8 Å². The Morgan fingerprint density at radius 3 is 2.65 bits per heavy atom. The molecule has 2 aliphatic rings. The van der Waals surface area contributed by atoms with Gasteiger partial charge >= 0.3 is 0 Å². The fourth-order valence-electron chi connectivity index (χ4n) is 4.61. The third-order valence-electron chi connectivity index (χ3n) is 6.28. The van der Waals surface area contributed by atoms with Gasteiger partial charge in [-0.2, -0.15) is 4.98 Å². The Balaban J connectivity index is 1.68. The molecule has 1 unspecified atom stereocenters. The first-order valence-corrected chi connectivity index (χ1v) is 10.6. The van der Waals surface area contributed by atoms with Gasteiger partial charge in [0, 0.05) is 23.3 Å². The molecule has 6 heteroatoms. The zero-order valence-corrected chi connectivity index (χ0v) is 18.2. The van der Waals surface area contributed by atoms with Crippen LogP contribution >= 0.6 is 0 Å². The van der Waals surface area contributed by atoms with Gasteiger partial charge in [0.2, 0.25) is 5.95 Å². The van der Waals surface area contributed by atoms with Crippen molar-refractivity contribution in [2.24, 2.45) is 5.41 Å². The third-order valence-corrected chi connectivity index (χ3v) is 6.28. The predicted octanol–water partition coefficient (Wildman–Crippen LogP) is 4.93. The van der Waals surface area contributed by atoms with Crippen LogP contribution in [0.25, 0.3) is 11.4 Å². The van der Waals surface area contributed by atoms with Crippen molar-refractivity contribution >= 4 is 11.7 Å². The van der Waals surface area contributed by atoms with Gasteiger partial charge < -0.3 is 10.4 Å². The van der Waals surface area contributed by atoms with Crippen molar-refractivity contribution in [2.75, 3.05) is 5.32 Å². The number of aromatic nitrogens is 3. The second-order valence-corrected chi connectivity index (χ2v) is 9.46. The SMILES string of the molecule is Cc1ccc(-c2nc3n(n2)C(c2cccc(O)c2)C2=C(CC(C)(C)CC2=O)N3)cc1C. The standard InChI is InChI=1S/C25H26N4O2/c1-14-8-9-17(10-15(14)2)23-27-24-26-19-12-25(3,4)13-20(31)21(19)22(29(24)28-23)16-6-5-7-18(30)11-16/h5-11,22,30H,12-13H2,1-4H3,(H,26,27,28). The molecule has 1 aromatic heterocycles. The van der Waals surface area contributed by atoms with Crippen LogP contribution in [-0.4, -0.2) is 25.7 Å². The molecule has 0 fully saturated rings. The number of hydrogen-bond acceptors (Lipinski definition) is 5. The Morgan fingerprint density at radius 2 is 1.90 bits per heavy atom. The number of aromatic hydroxyl groups is 1. The maximum Gasteiger partial charge on any atom is 0.226 e. The van der Waals surface area contributed by atoms with Crippen molar-refractivity contribution in [3.05, 3.63) is 70.4 Å². The van der Waals surface area contributed by atoms with E-state index in [1.165, 1.54) is 11.1 Å². The molecule has 3 aromatic rings. The average molecular weight is 415 g/mol. The number of carbonyl (C=O) groups is 1. The van der Waals surface area contributed by atoms with E-state index in [1.54, 1.807) is 22.9 Å². The summed E-state index contributed by atoms with van der Waals surface area (Å²) < 4.78 is 1.79. The van der Waals surface area contributed by atoms with E-state index in [0.717, 1.165) is 23.2 Å². The second-order valence-electron chi connectivity index (χ2n) is 9.46. The number of rotatable bonds is 2. The minimum atomic E-state index is -0.422. The summed E-state index contributed by atoms with van der Waals surface area (Å²) >= 11 is 0. The molecule has 0 radical (unpaired) electrons. The highest BCUT2D eigenvalue weighted by Crippen LogP contribution is 2.46. The number of fused-ring (bicyclic) bond motifs is 1. The topological polar surface area (TPSA) is 80.0 Å². The fraction of sp³-hybridized carbons (Fsp3) is 0.320. The number of nitrogens with one attached hydrogen (secondary N) is 1. The number of ketones is 1. The first-order valence-electron chi connectivity index (χ1n) is 10.6. The van der Waals surface area contributed by atoms with Gasteiger partial charge in [-0.1, -0.05) is 38.1 Å². The number of phenolic OH excluding ortho intramolecular Hbond substituents is 1. The van der Waals surface area contributed by atoms with Gasteiger partial charge in [-0.15, -0.1) is 5.10 Å². The summed E-state index contributed by atoms with van der Waals surface area (Å²) in [5.74, 6) is 1.51. The largest absolute Gasteiger partial charge is 0.508 e. The van der Waals surface area contributed by atoms with Crippen molar-refractivity contribution in [1.29, 1.82) is 0 Å². The van der Waals surface area contributed by atoms with Crippen LogP contribution in [-0.2, 0) is 4.79 Å². The molecule has 0 saturated carbocycles. The second kappa shape index (κ2) is 6.80. The number of carbonyl (C=O) groups excluding carboxylic acids is 1. The summed E-state index contributed by atoms with van der Waals surface area (Å²) in [6.45, 7) is 8.37. The highest BCUT2D eigenvalue weighted by molar-refractivity contribution is 6.00. The molecule has 2 N–H and O–H groups in total. The van der Waals surface area contributed by atoms with Crippen LogP contribution in [0.15, 0.2) is 53.7 Å². The van der Waals surface area contributed by atoms with Crippen molar-refractivity contribution in [3.63, 3.8) is 0 Å². The first-order chi connectivity index (χ1) is 14.7. The fourth-order valence-corrected chi connectivity index (χ4v) is 4.61. The number of benzene rings is 2. The molecular formula is C25H26N4O2. The van der Waals surface area contributed by atoms with Gasteiger partial charge in [-0.25, -0.2) is 4.68 Å². The van der Waals surface area contributed by atoms with Crippen LogP contribution in [0.3, 0.4) is 0 Å². The zero-order chi connectivity index (χ0) is 21.9. The van der Waals surface area contributed by atoms with Gasteiger partial charge in [0.05, 0.1) is 0 Å². The monoisotopic (exact) mass is 414 g/mol. The lowest BCUT2D eigenvalue weighted by Gasteiger charge is -2.38. The van der Waals surface area contributed by atoms with Gasteiger partial charge in [0.25, 0.3) is 0 Å². The zero-order valence-electron chi connectivity index (χ0n) is 18.2. The highest BCUT2D eigenvalue weighted by Gasteiger charge is 2.42. The first kappa shape index (κ1) is 19.5. The van der Waals surface area contributed by atoms with E-state index in [1.807, 2.05) is 12.1 Å². The van der Waals surface area contributed by atoms with E-state index in [-0.39, 0.29) is 16.9 Å². The minimum Gasteiger partial charge on any atom is -0.508 e. The normalized spacial score (nSPS) is 19.6. The molecule has 1 aliphatic carbocycles. The van der Waals surface area contributed by atoms with Crippen LogP contribution < -0.4 is 5.32 Å². The van der Waals surface area contributed by atoms with E-state index in [0.29, 0.717) is 23.8 Å². The van der Waals surface area contributed by atoms with Crippen LogP contribution in [0, 0.1) is 19.3 Å². The molecule has 0 amide bonds. The van der Waals surface area contributed by atoms with Crippen LogP contribution in [0.1, 0.15) is 49.4 Å². The van der Waals surface area contributed by atoms with Crippen LogP contribution in [0.4, 0.5) is 5.95 Å². The van der Waals surface area contributed by atoms with E-state index >= 15 is 0 Å². The number of aryl methyl sites for hydroxylation is 2. The summed E-state index contributed by atoms with van der Waals surface area (Å²) in [6.07, 6.45) is 1.24. The maximum atomic E-state index is 13.3. The van der Waals surface area contributed by atoms with Crippen LogP contribution in [0.5, 0.6) is 5.75 Å². The quantitative estimate of drug-likeness (QED) is 0.622.